The third-order valence-corrected chi connectivity index (χ3v) is 3.56. The Hall–Kier alpha value is -2.51. The van der Waals surface area contributed by atoms with Crippen molar-refractivity contribution < 1.29 is 13.9 Å². The van der Waals surface area contributed by atoms with Crippen LogP contribution in [0, 0.1) is 5.82 Å². The first-order valence-electron chi connectivity index (χ1n) is 7.10. The van der Waals surface area contributed by atoms with E-state index < -0.39 is 5.82 Å². The number of fused-ring (bicyclic) bond motifs is 1. The summed E-state index contributed by atoms with van der Waals surface area (Å²) in [6, 6.07) is 7.89. The van der Waals surface area contributed by atoms with Crippen LogP contribution in [0.4, 0.5) is 10.3 Å². The first-order valence-corrected chi connectivity index (χ1v) is 7.47. The molecule has 0 aliphatic carbocycles. The molecule has 2 heterocycles. The smallest absolute Gasteiger partial charge is 0.245 e. The van der Waals surface area contributed by atoms with Crippen LogP contribution in [0.25, 0.3) is 22.3 Å². The maximum Gasteiger partial charge on any atom is 0.245 e. The summed E-state index contributed by atoms with van der Waals surface area (Å²) in [6.45, 7) is 0.703. The highest BCUT2D eigenvalue weighted by atomic mass is 35.5. The van der Waals surface area contributed by atoms with Gasteiger partial charge in [0.25, 0.3) is 0 Å². The van der Waals surface area contributed by atoms with Crippen molar-refractivity contribution in [1.29, 1.82) is 0 Å². The van der Waals surface area contributed by atoms with Crippen molar-refractivity contribution in [3.8, 4) is 17.1 Å². The second-order valence-electron chi connectivity index (χ2n) is 4.92. The standard InChI is InChI=1S/C16H14ClFN4O2/c1-23-6-7-24-15-14-13(21-16(19)22-15)5-4-12(20-14)9-2-3-11(18)10(17)8-9/h2-5,8H,6-7H2,1H3,(H2,19,21,22). The molecule has 0 radical (unpaired) electrons. The Morgan fingerprint density at radius 3 is 2.71 bits per heavy atom. The topological polar surface area (TPSA) is 83.2 Å². The third kappa shape index (κ3) is 3.37. The Kier molecular flexibility index (Phi) is 4.73. The summed E-state index contributed by atoms with van der Waals surface area (Å²) in [7, 11) is 1.57. The van der Waals surface area contributed by atoms with Gasteiger partial charge in [-0.25, -0.2) is 14.4 Å². The van der Waals surface area contributed by atoms with Crippen molar-refractivity contribution in [3.63, 3.8) is 0 Å². The van der Waals surface area contributed by atoms with Crippen molar-refractivity contribution in [2.45, 2.75) is 0 Å². The van der Waals surface area contributed by atoms with Gasteiger partial charge in [0, 0.05) is 12.7 Å². The van der Waals surface area contributed by atoms with Crippen molar-refractivity contribution in [1.82, 2.24) is 15.0 Å². The molecule has 0 saturated heterocycles. The minimum atomic E-state index is -0.485. The number of nitrogens with zero attached hydrogens (tertiary/aromatic N) is 3. The molecule has 24 heavy (non-hydrogen) atoms. The van der Waals surface area contributed by atoms with Gasteiger partial charge in [-0.15, -0.1) is 0 Å². The lowest BCUT2D eigenvalue weighted by atomic mass is 10.1. The fourth-order valence-electron chi connectivity index (χ4n) is 2.14. The van der Waals surface area contributed by atoms with Crippen LogP contribution in [0.5, 0.6) is 5.88 Å². The van der Waals surface area contributed by atoms with Crippen molar-refractivity contribution in [3.05, 3.63) is 41.2 Å². The number of nitrogens with two attached hydrogens (primary N) is 1. The molecule has 0 aliphatic heterocycles. The lowest BCUT2D eigenvalue weighted by molar-refractivity contribution is 0.144. The number of nitrogen functional groups attached to an aromatic ring is 1. The van der Waals surface area contributed by atoms with Crippen molar-refractivity contribution >= 4 is 28.6 Å². The second-order valence-corrected chi connectivity index (χ2v) is 5.33. The molecular weight excluding hydrogens is 335 g/mol. The molecular formula is C16H14ClFN4O2. The summed E-state index contributed by atoms with van der Waals surface area (Å²) in [4.78, 5) is 12.7. The van der Waals surface area contributed by atoms with E-state index >= 15 is 0 Å². The molecule has 2 N–H and O–H groups in total. The molecule has 0 aliphatic rings. The van der Waals surface area contributed by atoms with E-state index in [1.165, 1.54) is 12.1 Å². The number of anilines is 1. The van der Waals surface area contributed by atoms with E-state index in [1.807, 2.05) is 0 Å². The van der Waals surface area contributed by atoms with E-state index in [0.29, 0.717) is 35.5 Å². The molecule has 0 amide bonds. The van der Waals surface area contributed by atoms with Crippen LogP contribution in [0.2, 0.25) is 5.02 Å². The van der Waals surface area contributed by atoms with Gasteiger partial charge in [0.2, 0.25) is 11.8 Å². The predicted molar refractivity (Wildman–Crippen MR) is 89.5 cm³/mol. The first-order chi connectivity index (χ1) is 11.6. The molecule has 6 nitrogen and oxygen atoms in total. The van der Waals surface area contributed by atoms with E-state index in [0.717, 1.165) is 0 Å². The Morgan fingerprint density at radius 2 is 1.96 bits per heavy atom. The highest BCUT2D eigenvalue weighted by molar-refractivity contribution is 6.31. The lowest BCUT2D eigenvalue weighted by Crippen LogP contribution is -2.08. The molecule has 8 heteroatoms. The van der Waals surface area contributed by atoms with Crippen molar-refractivity contribution in [2.75, 3.05) is 26.1 Å². The van der Waals surface area contributed by atoms with Crippen LogP contribution >= 0.6 is 11.6 Å². The largest absolute Gasteiger partial charge is 0.474 e. The summed E-state index contributed by atoms with van der Waals surface area (Å²) in [5.41, 5.74) is 7.96. The van der Waals surface area contributed by atoms with Crippen molar-refractivity contribution in [2.24, 2.45) is 0 Å². The summed E-state index contributed by atoms with van der Waals surface area (Å²) >= 11 is 5.84. The second kappa shape index (κ2) is 6.94. The summed E-state index contributed by atoms with van der Waals surface area (Å²) in [6.07, 6.45) is 0. The monoisotopic (exact) mass is 348 g/mol. The molecule has 0 bridgehead atoms. The molecule has 3 aromatic rings. The molecule has 1 aromatic carbocycles. The number of pyridine rings is 1. The predicted octanol–water partition coefficient (Wildman–Crippen LogP) is 3.09. The first kappa shape index (κ1) is 16.4. The van der Waals surface area contributed by atoms with E-state index in [1.54, 1.807) is 25.3 Å². The lowest BCUT2D eigenvalue weighted by Gasteiger charge is -2.09. The zero-order valence-corrected chi connectivity index (χ0v) is 13.5. The normalized spacial score (nSPS) is 11.0. The zero-order valence-electron chi connectivity index (χ0n) is 12.8. The number of rotatable bonds is 5. The number of halogens is 2. The molecule has 3 rings (SSSR count). The average Bonchev–Trinajstić information content (AvgIpc) is 2.57. The van der Waals surface area contributed by atoms with Gasteiger partial charge in [0.15, 0.2) is 5.52 Å². The molecule has 124 valence electrons. The van der Waals surface area contributed by atoms with E-state index in [2.05, 4.69) is 15.0 Å². The highest BCUT2D eigenvalue weighted by Crippen LogP contribution is 2.28. The summed E-state index contributed by atoms with van der Waals surface area (Å²) < 4.78 is 23.9. The maximum absolute atomic E-state index is 13.3. The Balaban J connectivity index is 2.06. The number of methoxy groups -OCH3 is 1. The highest BCUT2D eigenvalue weighted by Gasteiger charge is 2.12. The third-order valence-electron chi connectivity index (χ3n) is 3.27. The number of aromatic nitrogens is 3. The van der Waals surface area contributed by atoms with Gasteiger partial charge in [-0.3, -0.25) is 0 Å². The van der Waals surface area contributed by atoms with Gasteiger partial charge < -0.3 is 15.2 Å². The van der Waals surface area contributed by atoms with Crippen LogP contribution in [-0.4, -0.2) is 35.3 Å². The Bertz CT molecular complexity index is 891. The fourth-order valence-corrected chi connectivity index (χ4v) is 2.32. The van der Waals surface area contributed by atoms with Crippen LogP contribution in [0.1, 0.15) is 0 Å². The SMILES string of the molecule is COCCOc1nc(N)nc2ccc(-c3ccc(F)c(Cl)c3)nc12. The molecule has 0 saturated carbocycles. The van der Waals surface area contributed by atoms with Crippen LogP contribution in [0.3, 0.4) is 0 Å². The molecule has 0 spiro atoms. The van der Waals surface area contributed by atoms with Crippen LogP contribution < -0.4 is 10.5 Å². The van der Waals surface area contributed by atoms with Gasteiger partial charge in [-0.2, -0.15) is 4.98 Å². The van der Waals surface area contributed by atoms with Gasteiger partial charge in [-0.1, -0.05) is 11.6 Å². The number of hydrogen-bond acceptors (Lipinski definition) is 6. The minimum absolute atomic E-state index is 0.0273. The van der Waals surface area contributed by atoms with Gasteiger partial charge in [0.1, 0.15) is 12.4 Å². The quantitative estimate of drug-likeness (QED) is 0.713. The zero-order chi connectivity index (χ0) is 17.1. The van der Waals surface area contributed by atoms with Crippen LogP contribution in [-0.2, 0) is 4.74 Å². The van der Waals surface area contributed by atoms with E-state index in [4.69, 9.17) is 26.8 Å². The summed E-state index contributed by atoms with van der Waals surface area (Å²) in [5, 5.41) is 0.0273. The Morgan fingerprint density at radius 1 is 1.12 bits per heavy atom. The maximum atomic E-state index is 13.3. The van der Waals surface area contributed by atoms with E-state index in [-0.39, 0.29) is 16.9 Å². The van der Waals surface area contributed by atoms with E-state index in [9.17, 15) is 4.39 Å². The molecule has 0 unspecified atom stereocenters. The van der Waals surface area contributed by atoms with Crippen LogP contribution in [0.15, 0.2) is 30.3 Å². The molecule has 0 fully saturated rings. The number of hydrogen-bond donors (Lipinski definition) is 1. The summed E-state index contributed by atoms with van der Waals surface area (Å²) in [5.74, 6) is -0.125. The van der Waals surface area contributed by atoms with Gasteiger partial charge in [-0.05, 0) is 30.3 Å². The molecule has 2 aromatic heterocycles. The number of benzene rings is 1. The molecule has 0 atom stereocenters. The average molecular weight is 349 g/mol. The fraction of sp³-hybridized carbons (Fsp3) is 0.188. The van der Waals surface area contributed by atoms with Gasteiger partial charge in [0.05, 0.1) is 22.8 Å². The number of ether oxygens (including phenoxy) is 2. The minimum Gasteiger partial charge on any atom is -0.474 e. The van der Waals surface area contributed by atoms with Gasteiger partial charge >= 0.3 is 0 Å². The Labute approximate surface area is 142 Å².